The standard InChI is InChI=1S/C17H30O2/c1-6-19-17(18)13-16(5)12-8-11-15(4)10-7-9-14(2)3/h8-9,12,15-16H,6-7,10-11,13H2,1-5H3/b12-8+/t15-,16-/m1/s1. The van der Waals surface area contributed by atoms with Crippen LogP contribution < -0.4 is 0 Å². The minimum absolute atomic E-state index is 0.101. The molecule has 0 aliphatic heterocycles. The van der Waals surface area contributed by atoms with Crippen molar-refractivity contribution in [3.05, 3.63) is 23.8 Å². The molecule has 2 atom stereocenters. The summed E-state index contributed by atoms with van der Waals surface area (Å²) in [5, 5.41) is 0. The number of carbonyl (C=O) groups excluding carboxylic acids is 1. The van der Waals surface area contributed by atoms with Crippen molar-refractivity contribution in [3.8, 4) is 0 Å². The Morgan fingerprint density at radius 3 is 2.53 bits per heavy atom. The van der Waals surface area contributed by atoms with Crippen molar-refractivity contribution in [2.45, 2.75) is 60.3 Å². The highest BCUT2D eigenvalue weighted by Gasteiger charge is 2.06. The molecule has 0 rings (SSSR count). The maximum absolute atomic E-state index is 11.3. The lowest BCUT2D eigenvalue weighted by Gasteiger charge is -2.08. The van der Waals surface area contributed by atoms with Crippen LogP contribution in [0.5, 0.6) is 0 Å². The van der Waals surface area contributed by atoms with Crippen LogP contribution in [-0.2, 0) is 9.53 Å². The molecule has 0 aliphatic carbocycles. The van der Waals surface area contributed by atoms with Crippen LogP contribution in [0, 0.1) is 11.8 Å². The van der Waals surface area contributed by atoms with Crippen LogP contribution in [0.1, 0.15) is 60.3 Å². The van der Waals surface area contributed by atoms with Crippen LogP contribution in [0.25, 0.3) is 0 Å². The van der Waals surface area contributed by atoms with Crippen LogP contribution in [0.3, 0.4) is 0 Å². The van der Waals surface area contributed by atoms with E-state index < -0.39 is 0 Å². The van der Waals surface area contributed by atoms with E-state index in [0.29, 0.717) is 18.9 Å². The Balaban J connectivity index is 3.81. The topological polar surface area (TPSA) is 26.3 Å². The summed E-state index contributed by atoms with van der Waals surface area (Å²) in [6, 6.07) is 0. The van der Waals surface area contributed by atoms with Gasteiger partial charge in [0.05, 0.1) is 13.0 Å². The molecule has 0 unspecified atom stereocenters. The predicted octanol–water partition coefficient (Wildman–Crippen LogP) is 4.90. The third kappa shape index (κ3) is 11.8. The van der Waals surface area contributed by atoms with Crippen LogP contribution in [-0.4, -0.2) is 12.6 Å². The molecule has 0 N–H and O–H groups in total. The molecule has 2 heteroatoms. The Kier molecular flexibility index (Phi) is 10.2. The largest absolute Gasteiger partial charge is 0.466 e. The fourth-order valence-corrected chi connectivity index (χ4v) is 1.87. The Bertz CT molecular complexity index is 298. The summed E-state index contributed by atoms with van der Waals surface area (Å²) in [4.78, 5) is 11.3. The van der Waals surface area contributed by atoms with Crippen molar-refractivity contribution >= 4 is 5.97 Å². The number of hydrogen-bond donors (Lipinski definition) is 0. The van der Waals surface area contributed by atoms with Gasteiger partial charge in [0.2, 0.25) is 0 Å². The van der Waals surface area contributed by atoms with Crippen LogP contribution in [0.15, 0.2) is 23.8 Å². The number of carbonyl (C=O) groups is 1. The van der Waals surface area contributed by atoms with Gasteiger partial charge in [-0.05, 0) is 51.9 Å². The summed E-state index contributed by atoms with van der Waals surface area (Å²) in [6.07, 6.45) is 10.6. The Hall–Kier alpha value is -1.05. The van der Waals surface area contributed by atoms with Crippen molar-refractivity contribution in [1.29, 1.82) is 0 Å². The summed E-state index contributed by atoms with van der Waals surface area (Å²) < 4.78 is 4.94. The van der Waals surface area contributed by atoms with Crippen LogP contribution in [0.2, 0.25) is 0 Å². The molecule has 19 heavy (non-hydrogen) atoms. The highest BCUT2D eigenvalue weighted by atomic mass is 16.5. The molecule has 0 aromatic carbocycles. The molecule has 0 saturated heterocycles. The molecular weight excluding hydrogens is 236 g/mol. The molecule has 0 fully saturated rings. The molecule has 0 saturated carbocycles. The van der Waals surface area contributed by atoms with Crippen molar-refractivity contribution in [3.63, 3.8) is 0 Å². The minimum Gasteiger partial charge on any atom is -0.466 e. The van der Waals surface area contributed by atoms with Gasteiger partial charge in [-0.15, -0.1) is 0 Å². The fourth-order valence-electron chi connectivity index (χ4n) is 1.87. The Morgan fingerprint density at radius 1 is 1.26 bits per heavy atom. The fraction of sp³-hybridized carbons (Fsp3) is 0.706. The number of rotatable bonds is 9. The first-order valence-electron chi connectivity index (χ1n) is 7.41. The maximum Gasteiger partial charge on any atom is 0.306 e. The van der Waals surface area contributed by atoms with E-state index >= 15 is 0 Å². The average Bonchev–Trinajstić information content (AvgIpc) is 2.28. The van der Waals surface area contributed by atoms with Crippen molar-refractivity contribution in [1.82, 2.24) is 0 Å². The molecule has 0 aromatic rings. The zero-order chi connectivity index (χ0) is 14.7. The second kappa shape index (κ2) is 10.8. The summed E-state index contributed by atoms with van der Waals surface area (Å²) in [7, 11) is 0. The van der Waals surface area contributed by atoms with E-state index in [1.54, 1.807) is 0 Å². The van der Waals surface area contributed by atoms with Crippen molar-refractivity contribution in [2.24, 2.45) is 11.8 Å². The molecule has 0 spiro atoms. The van der Waals surface area contributed by atoms with E-state index in [1.165, 1.54) is 12.0 Å². The first-order valence-corrected chi connectivity index (χ1v) is 7.41. The third-order valence-electron chi connectivity index (χ3n) is 3.01. The van der Waals surface area contributed by atoms with Crippen molar-refractivity contribution < 1.29 is 9.53 Å². The monoisotopic (exact) mass is 266 g/mol. The average molecular weight is 266 g/mol. The Labute approximate surface area is 118 Å². The number of allylic oxidation sites excluding steroid dienone is 4. The lowest BCUT2D eigenvalue weighted by atomic mass is 9.99. The molecule has 0 aliphatic rings. The second-order valence-corrected chi connectivity index (χ2v) is 5.61. The molecule has 0 amide bonds. The Morgan fingerprint density at radius 2 is 1.95 bits per heavy atom. The normalized spacial score (nSPS) is 14.2. The lowest BCUT2D eigenvalue weighted by molar-refractivity contribution is -0.143. The molecular formula is C17H30O2. The van der Waals surface area contributed by atoms with E-state index in [0.717, 1.165) is 12.8 Å². The van der Waals surface area contributed by atoms with Gasteiger partial charge in [0.25, 0.3) is 0 Å². The second-order valence-electron chi connectivity index (χ2n) is 5.61. The zero-order valence-corrected chi connectivity index (χ0v) is 13.2. The summed E-state index contributed by atoms with van der Waals surface area (Å²) in [6.45, 7) is 10.9. The van der Waals surface area contributed by atoms with Crippen LogP contribution >= 0.6 is 0 Å². The number of ether oxygens (including phenoxy) is 1. The van der Waals surface area contributed by atoms with Gasteiger partial charge < -0.3 is 4.74 Å². The van der Waals surface area contributed by atoms with Crippen molar-refractivity contribution in [2.75, 3.05) is 6.61 Å². The molecule has 2 nitrogen and oxygen atoms in total. The third-order valence-corrected chi connectivity index (χ3v) is 3.01. The van der Waals surface area contributed by atoms with Gasteiger partial charge in [-0.25, -0.2) is 0 Å². The zero-order valence-electron chi connectivity index (χ0n) is 13.2. The highest BCUT2D eigenvalue weighted by Crippen LogP contribution is 2.14. The predicted molar refractivity (Wildman–Crippen MR) is 82.0 cm³/mol. The molecule has 110 valence electrons. The van der Waals surface area contributed by atoms with Gasteiger partial charge in [-0.3, -0.25) is 4.79 Å². The molecule has 0 heterocycles. The van der Waals surface area contributed by atoms with Gasteiger partial charge in [0.15, 0.2) is 0 Å². The van der Waals surface area contributed by atoms with Gasteiger partial charge in [0, 0.05) is 0 Å². The number of esters is 1. The quantitative estimate of drug-likeness (QED) is 0.438. The maximum atomic E-state index is 11.3. The van der Waals surface area contributed by atoms with E-state index in [4.69, 9.17) is 4.74 Å². The van der Waals surface area contributed by atoms with E-state index in [2.05, 4.69) is 45.9 Å². The summed E-state index contributed by atoms with van der Waals surface area (Å²) in [5.41, 5.74) is 1.39. The van der Waals surface area contributed by atoms with E-state index in [9.17, 15) is 4.79 Å². The van der Waals surface area contributed by atoms with E-state index in [-0.39, 0.29) is 11.9 Å². The van der Waals surface area contributed by atoms with E-state index in [1.807, 2.05) is 6.92 Å². The number of hydrogen-bond acceptors (Lipinski definition) is 2. The molecule has 0 aromatic heterocycles. The van der Waals surface area contributed by atoms with Crippen LogP contribution in [0.4, 0.5) is 0 Å². The first-order chi connectivity index (χ1) is 8.95. The minimum atomic E-state index is -0.101. The summed E-state index contributed by atoms with van der Waals surface area (Å²) in [5.74, 6) is 0.863. The van der Waals surface area contributed by atoms with Gasteiger partial charge >= 0.3 is 5.97 Å². The highest BCUT2D eigenvalue weighted by molar-refractivity contribution is 5.69. The SMILES string of the molecule is CCOC(=O)C[C@H](C)/C=C/C[C@H](C)CCC=C(C)C. The van der Waals surface area contributed by atoms with Gasteiger partial charge in [-0.1, -0.05) is 37.6 Å². The van der Waals surface area contributed by atoms with Gasteiger partial charge in [0.1, 0.15) is 0 Å². The lowest BCUT2D eigenvalue weighted by Crippen LogP contribution is -2.07. The molecule has 0 bridgehead atoms. The molecule has 0 radical (unpaired) electrons. The smallest absolute Gasteiger partial charge is 0.306 e. The first kappa shape index (κ1) is 17.9. The van der Waals surface area contributed by atoms with Gasteiger partial charge in [-0.2, -0.15) is 0 Å². The summed E-state index contributed by atoms with van der Waals surface area (Å²) >= 11 is 0.